The lowest BCUT2D eigenvalue weighted by molar-refractivity contribution is -0.141. The number of carbonyl (C=O) groups excluding carboxylic acids is 2. The van der Waals surface area contributed by atoms with Crippen LogP contribution in [-0.4, -0.2) is 50.5 Å². The highest BCUT2D eigenvalue weighted by molar-refractivity contribution is 7.92. The van der Waals surface area contributed by atoms with Gasteiger partial charge < -0.3 is 10.2 Å². The van der Waals surface area contributed by atoms with Crippen LogP contribution in [0.3, 0.4) is 0 Å². The standard InChI is InChI=1S/C34H45N3O4S/c1-6-7-20-35-34(39)32(24-29-14-9-8-10-15-29)36(25-30-16-11-13-26(2)22-30)33(38)17-12-21-37(42(5,40)41)31-19-18-27(3)28(4)23-31/h8-11,13-16,18-19,22-23,32H,6-7,12,17,20-21,24-25H2,1-5H3,(H,35,39)/t32-/m0/s1. The average Bonchev–Trinajstić information content (AvgIpc) is 2.94. The maximum atomic E-state index is 13.9. The van der Waals surface area contributed by atoms with Gasteiger partial charge in [-0.25, -0.2) is 8.42 Å². The number of sulfonamides is 1. The molecule has 1 N–H and O–H groups in total. The Morgan fingerprint density at radius 2 is 1.57 bits per heavy atom. The van der Waals surface area contributed by atoms with Gasteiger partial charge in [-0.3, -0.25) is 13.9 Å². The second-order valence-electron chi connectivity index (χ2n) is 11.1. The van der Waals surface area contributed by atoms with E-state index in [1.54, 1.807) is 11.0 Å². The van der Waals surface area contributed by atoms with E-state index in [1.807, 2.05) is 87.5 Å². The summed E-state index contributed by atoms with van der Waals surface area (Å²) >= 11 is 0. The second kappa shape index (κ2) is 15.5. The zero-order valence-electron chi connectivity index (χ0n) is 25.6. The van der Waals surface area contributed by atoms with E-state index in [9.17, 15) is 18.0 Å². The molecule has 42 heavy (non-hydrogen) atoms. The number of benzene rings is 3. The fourth-order valence-corrected chi connectivity index (χ4v) is 5.91. The fourth-order valence-electron chi connectivity index (χ4n) is 4.95. The van der Waals surface area contributed by atoms with E-state index in [1.165, 1.54) is 10.6 Å². The summed E-state index contributed by atoms with van der Waals surface area (Å²) < 4.78 is 26.8. The number of rotatable bonds is 15. The summed E-state index contributed by atoms with van der Waals surface area (Å²) in [6.07, 6.45) is 3.80. The third-order valence-corrected chi connectivity index (χ3v) is 8.66. The van der Waals surface area contributed by atoms with Gasteiger partial charge in [0.1, 0.15) is 6.04 Å². The molecule has 0 radical (unpaired) electrons. The molecular weight excluding hydrogens is 546 g/mol. The van der Waals surface area contributed by atoms with Gasteiger partial charge in [0.2, 0.25) is 21.8 Å². The average molecular weight is 592 g/mol. The topological polar surface area (TPSA) is 86.8 Å². The minimum Gasteiger partial charge on any atom is -0.354 e. The third kappa shape index (κ3) is 9.72. The summed E-state index contributed by atoms with van der Waals surface area (Å²) in [5, 5.41) is 3.04. The van der Waals surface area contributed by atoms with Gasteiger partial charge >= 0.3 is 0 Å². The third-order valence-electron chi connectivity index (χ3n) is 7.47. The van der Waals surface area contributed by atoms with Crippen molar-refractivity contribution in [2.24, 2.45) is 0 Å². The molecular formula is C34H45N3O4S. The van der Waals surface area contributed by atoms with E-state index in [0.29, 0.717) is 25.1 Å². The molecule has 0 bridgehead atoms. The minimum atomic E-state index is -3.56. The van der Waals surface area contributed by atoms with E-state index in [-0.39, 0.29) is 31.3 Å². The molecule has 0 spiro atoms. The first kappa shape index (κ1) is 32.9. The quantitative estimate of drug-likeness (QED) is 0.229. The summed E-state index contributed by atoms with van der Waals surface area (Å²) in [6, 6.07) is 22.5. The van der Waals surface area contributed by atoms with Crippen LogP contribution in [-0.2, 0) is 32.6 Å². The van der Waals surface area contributed by atoms with Gasteiger partial charge in [-0.05, 0) is 68.0 Å². The van der Waals surface area contributed by atoms with Crippen molar-refractivity contribution in [2.45, 2.75) is 72.4 Å². The Morgan fingerprint density at radius 1 is 0.857 bits per heavy atom. The molecule has 226 valence electrons. The molecule has 3 aromatic rings. The van der Waals surface area contributed by atoms with Crippen molar-refractivity contribution in [1.29, 1.82) is 0 Å². The molecule has 3 aromatic carbocycles. The Morgan fingerprint density at radius 3 is 2.21 bits per heavy atom. The number of anilines is 1. The van der Waals surface area contributed by atoms with E-state index in [0.717, 1.165) is 40.7 Å². The molecule has 0 aliphatic carbocycles. The first-order chi connectivity index (χ1) is 20.0. The highest BCUT2D eigenvalue weighted by Gasteiger charge is 2.30. The van der Waals surface area contributed by atoms with Gasteiger partial charge in [-0.1, -0.05) is 79.6 Å². The maximum absolute atomic E-state index is 13.9. The molecule has 0 saturated heterocycles. The van der Waals surface area contributed by atoms with Gasteiger partial charge in [0, 0.05) is 32.5 Å². The first-order valence-corrected chi connectivity index (χ1v) is 16.6. The fraction of sp³-hybridized carbons (Fsp3) is 0.412. The highest BCUT2D eigenvalue weighted by Crippen LogP contribution is 2.23. The predicted molar refractivity (Wildman–Crippen MR) is 171 cm³/mol. The second-order valence-corrected chi connectivity index (χ2v) is 13.0. The maximum Gasteiger partial charge on any atom is 0.243 e. The van der Waals surface area contributed by atoms with Crippen LogP contribution in [0, 0.1) is 20.8 Å². The van der Waals surface area contributed by atoms with Crippen LogP contribution in [0.2, 0.25) is 0 Å². The van der Waals surface area contributed by atoms with Gasteiger partial charge in [0.05, 0.1) is 11.9 Å². The number of aryl methyl sites for hydroxylation is 3. The Bertz CT molecular complexity index is 1440. The Kier molecular flexibility index (Phi) is 12.2. The number of hydrogen-bond acceptors (Lipinski definition) is 4. The number of carbonyl (C=O) groups is 2. The predicted octanol–water partition coefficient (Wildman–Crippen LogP) is 5.71. The molecule has 8 heteroatoms. The Balaban J connectivity index is 1.88. The Labute approximate surface area is 252 Å². The molecule has 0 saturated carbocycles. The van der Waals surface area contributed by atoms with Crippen molar-refractivity contribution in [3.63, 3.8) is 0 Å². The van der Waals surface area contributed by atoms with Gasteiger partial charge in [-0.15, -0.1) is 0 Å². The van der Waals surface area contributed by atoms with Crippen LogP contribution in [0.5, 0.6) is 0 Å². The monoisotopic (exact) mass is 591 g/mol. The van der Waals surface area contributed by atoms with Crippen molar-refractivity contribution < 1.29 is 18.0 Å². The summed E-state index contributed by atoms with van der Waals surface area (Å²) in [5.41, 5.74) is 5.64. The number of unbranched alkanes of at least 4 members (excludes halogenated alkanes) is 1. The van der Waals surface area contributed by atoms with Crippen molar-refractivity contribution >= 4 is 27.5 Å². The summed E-state index contributed by atoms with van der Waals surface area (Å²) in [6.45, 7) is 9.00. The molecule has 1 atom stereocenters. The summed E-state index contributed by atoms with van der Waals surface area (Å²) in [7, 11) is -3.56. The molecule has 0 heterocycles. The van der Waals surface area contributed by atoms with Crippen molar-refractivity contribution in [3.05, 3.63) is 101 Å². The van der Waals surface area contributed by atoms with Crippen LogP contribution >= 0.6 is 0 Å². The molecule has 0 unspecified atom stereocenters. The van der Waals surface area contributed by atoms with E-state index >= 15 is 0 Å². The number of nitrogens with zero attached hydrogens (tertiary/aromatic N) is 2. The van der Waals surface area contributed by atoms with Crippen LogP contribution in [0.1, 0.15) is 60.4 Å². The number of nitrogens with one attached hydrogen (secondary N) is 1. The molecule has 2 amide bonds. The number of hydrogen-bond donors (Lipinski definition) is 1. The van der Waals surface area contributed by atoms with Crippen LogP contribution in [0.4, 0.5) is 5.69 Å². The molecule has 0 aliphatic rings. The zero-order chi connectivity index (χ0) is 30.7. The van der Waals surface area contributed by atoms with Crippen molar-refractivity contribution in [3.8, 4) is 0 Å². The molecule has 3 rings (SSSR count). The molecule has 0 aromatic heterocycles. The SMILES string of the molecule is CCCCNC(=O)[C@H](Cc1ccccc1)N(Cc1cccc(C)c1)C(=O)CCCN(c1ccc(C)c(C)c1)S(C)(=O)=O. The Hall–Kier alpha value is -3.65. The number of amides is 2. The first-order valence-electron chi connectivity index (χ1n) is 14.7. The lowest BCUT2D eigenvalue weighted by atomic mass is 10.0. The largest absolute Gasteiger partial charge is 0.354 e. The van der Waals surface area contributed by atoms with Crippen LogP contribution in [0.15, 0.2) is 72.8 Å². The van der Waals surface area contributed by atoms with Gasteiger partial charge in [-0.2, -0.15) is 0 Å². The molecule has 0 fully saturated rings. The van der Waals surface area contributed by atoms with Crippen molar-refractivity contribution in [2.75, 3.05) is 23.7 Å². The molecule has 0 aliphatic heterocycles. The van der Waals surface area contributed by atoms with Crippen molar-refractivity contribution in [1.82, 2.24) is 10.2 Å². The van der Waals surface area contributed by atoms with E-state index < -0.39 is 16.1 Å². The van der Waals surface area contributed by atoms with Gasteiger partial charge in [0.15, 0.2) is 0 Å². The van der Waals surface area contributed by atoms with Gasteiger partial charge in [0.25, 0.3) is 0 Å². The van der Waals surface area contributed by atoms with Crippen LogP contribution in [0.25, 0.3) is 0 Å². The molecule has 7 nitrogen and oxygen atoms in total. The van der Waals surface area contributed by atoms with E-state index in [2.05, 4.69) is 12.2 Å². The highest BCUT2D eigenvalue weighted by atomic mass is 32.2. The summed E-state index contributed by atoms with van der Waals surface area (Å²) in [4.78, 5) is 29.2. The van der Waals surface area contributed by atoms with Crippen LogP contribution < -0.4 is 9.62 Å². The summed E-state index contributed by atoms with van der Waals surface area (Å²) in [5.74, 6) is -0.363. The normalized spacial score (nSPS) is 12.0. The van der Waals surface area contributed by atoms with E-state index in [4.69, 9.17) is 0 Å². The minimum absolute atomic E-state index is 0.107. The smallest absolute Gasteiger partial charge is 0.243 e. The lowest BCUT2D eigenvalue weighted by Gasteiger charge is -2.32. The lowest BCUT2D eigenvalue weighted by Crippen LogP contribution is -2.50. The zero-order valence-corrected chi connectivity index (χ0v) is 26.4.